The number of hydrogen-bond acceptors (Lipinski definition) is 6. The summed E-state index contributed by atoms with van der Waals surface area (Å²) in [6.07, 6.45) is 1.61. The van der Waals surface area contributed by atoms with E-state index in [9.17, 15) is 18.0 Å². The molecule has 35 heavy (non-hydrogen) atoms. The van der Waals surface area contributed by atoms with E-state index in [1.54, 1.807) is 11.2 Å². The minimum absolute atomic E-state index is 0.0124. The molecule has 1 saturated heterocycles. The first-order valence-electron chi connectivity index (χ1n) is 12.3. The van der Waals surface area contributed by atoms with Crippen molar-refractivity contribution in [3.05, 3.63) is 35.7 Å². The van der Waals surface area contributed by atoms with Gasteiger partial charge in [0.2, 0.25) is 5.91 Å². The average molecular weight is 493 g/mol. The van der Waals surface area contributed by atoms with Crippen molar-refractivity contribution in [2.45, 2.75) is 70.8 Å². The maximum atomic E-state index is 13.9. The van der Waals surface area contributed by atoms with Gasteiger partial charge in [-0.25, -0.2) is 4.68 Å². The molecule has 1 aromatic carbocycles. The summed E-state index contributed by atoms with van der Waals surface area (Å²) < 4.78 is 47.2. The molecule has 3 aliphatic rings. The van der Waals surface area contributed by atoms with Crippen LogP contribution < -0.4 is 4.74 Å². The quantitative estimate of drug-likeness (QED) is 0.645. The second-order valence-corrected chi connectivity index (χ2v) is 10.4. The number of benzene rings is 1. The van der Waals surface area contributed by atoms with Crippen LogP contribution >= 0.6 is 0 Å². The standard InChI is InChI=1S/C24H31F3N6O2/c1-16(2)23(8-5-20(12-23)31-9-6-19(7-10-31)33-14-28-29-30-33)22(34)32-13-17-11-18(24(25,26)27)3-4-21(17)35-15-32/h3-4,11,14,16,19-20H,5-10,12-13,15H2,1-2H3/t20-,23+/m1/s1. The molecule has 0 radical (unpaired) electrons. The lowest BCUT2D eigenvalue weighted by Gasteiger charge is -2.41. The zero-order valence-corrected chi connectivity index (χ0v) is 20.0. The molecule has 8 nitrogen and oxygen atoms in total. The summed E-state index contributed by atoms with van der Waals surface area (Å²) in [7, 11) is 0. The fourth-order valence-corrected chi connectivity index (χ4v) is 6.04. The first kappa shape index (κ1) is 24.0. The minimum atomic E-state index is -4.43. The highest BCUT2D eigenvalue weighted by atomic mass is 19.4. The Labute approximate surface area is 202 Å². The van der Waals surface area contributed by atoms with E-state index in [2.05, 4.69) is 34.3 Å². The molecule has 2 aliphatic heterocycles. The lowest BCUT2D eigenvalue weighted by atomic mass is 9.74. The third kappa shape index (κ3) is 4.50. The zero-order chi connectivity index (χ0) is 24.8. The predicted molar refractivity (Wildman–Crippen MR) is 120 cm³/mol. The molecule has 190 valence electrons. The average Bonchev–Trinajstić information content (AvgIpc) is 3.54. The van der Waals surface area contributed by atoms with Gasteiger partial charge in [0, 0.05) is 24.7 Å². The van der Waals surface area contributed by atoms with Gasteiger partial charge in [-0.2, -0.15) is 13.2 Å². The van der Waals surface area contributed by atoms with E-state index in [1.807, 2.05) is 4.68 Å². The number of carbonyl (C=O) groups excluding carboxylic acids is 1. The van der Waals surface area contributed by atoms with E-state index in [4.69, 9.17) is 4.74 Å². The molecule has 2 fully saturated rings. The van der Waals surface area contributed by atoms with Crippen LogP contribution in [0.3, 0.4) is 0 Å². The number of carbonyl (C=O) groups is 1. The molecule has 1 aliphatic carbocycles. The molecular weight excluding hydrogens is 461 g/mol. The van der Waals surface area contributed by atoms with E-state index in [0.717, 1.165) is 57.3 Å². The van der Waals surface area contributed by atoms with Crippen LogP contribution in [0.25, 0.3) is 0 Å². The number of nitrogens with zero attached hydrogens (tertiary/aromatic N) is 6. The number of aromatic nitrogens is 4. The molecule has 5 rings (SSSR count). The van der Waals surface area contributed by atoms with Crippen molar-refractivity contribution in [3.8, 4) is 5.75 Å². The Morgan fingerprint density at radius 1 is 1.17 bits per heavy atom. The molecule has 2 aromatic rings. The van der Waals surface area contributed by atoms with Crippen molar-refractivity contribution in [2.75, 3.05) is 19.8 Å². The van der Waals surface area contributed by atoms with E-state index >= 15 is 0 Å². The number of amides is 1. The zero-order valence-electron chi connectivity index (χ0n) is 20.0. The highest BCUT2D eigenvalue weighted by Crippen LogP contribution is 2.48. The molecule has 2 atom stereocenters. The minimum Gasteiger partial charge on any atom is -0.473 e. The summed E-state index contributed by atoms with van der Waals surface area (Å²) in [5.74, 6) is 0.513. The third-order valence-corrected chi connectivity index (χ3v) is 8.22. The molecule has 3 heterocycles. The summed E-state index contributed by atoms with van der Waals surface area (Å²) >= 11 is 0. The number of ether oxygens (including phenoxy) is 1. The van der Waals surface area contributed by atoms with Gasteiger partial charge in [-0.3, -0.25) is 4.79 Å². The summed E-state index contributed by atoms with van der Waals surface area (Å²) in [6.45, 7) is 6.20. The van der Waals surface area contributed by atoms with Crippen LogP contribution in [0.5, 0.6) is 5.75 Å². The Bertz CT molecular complexity index is 1050. The van der Waals surface area contributed by atoms with Crippen LogP contribution in [0.15, 0.2) is 24.5 Å². The van der Waals surface area contributed by atoms with Gasteiger partial charge in [-0.1, -0.05) is 13.8 Å². The number of rotatable bonds is 4. The number of halogens is 3. The van der Waals surface area contributed by atoms with Crippen molar-refractivity contribution in [1.82, 2.24) is 30.0 Å². The van der Waals surface area contributed by atoms with Crippen molar-refractivity contribution in [2.24, 2.45) is 11.3 Å². The second-order valence-electron chi connectivity index (χ2n) is 10.4. The van der Waals surface area contributed by atoms with Crippen LogP contribution in [0.1, 0.15) is 63.1 Å². The molecule has 0 unspecified atom stereocenters. The molecule has 1 aromatic heterocycles. The number of piperidine rings is 1. The Kier molecular flexibility index (Phi) is 6.23. The number of hydrogen-bond donors (Lipinski definition) is 0. The normalized spacial score (nSPS) is 26.1. The van der Waals surface area contributed by atoms with Crippen LogP contribution in [0, 0.1) is 11.3 Å². The van der Waals surface area contributed by atoms with E-state index in [1.165, 1.54) is 6.07 Å². The van der Waals surface area contributed by atoms with Crippen molar-refractivity contribution in [1.29, 1.82) is 0 Å². The van der Waals surface area contributed by atoms with Gasteiger partial charge in [-0.05, 0) is 66.6 Å². The molecule has 0 N–H and O–H groups in total. The number of likely N-dealkylation sites (tertiary alicyclic amines) is 1. The van der Waals surface area contributed by atoms with Gasteiger partial charge >= 0.3 is 6.18 Å². The Balaban J connectivity index is 1.27. The topological polar surface area (TPSA) is 76.4 Å². The SMILES string of the molecule is CC(C)[C@]1(C(=O)N2COc3ccc(C(F)(F)F)cc3C2)CC[C@@H](N2CCC(n3cnnn3)CC2)C1. The van der Waals surface area contributed by atoms with Crippen molar-refractivity contribution in [3.63, 3.8) is 0 Å². The van der Waals surface area contributed by atoms with Gasteiger partial charge in [0.15, 0.2) is 6.73 Å². The molecular formula is C24H31F3N6O2. The Morgan fingerprint density at radius 2 is 1.94 bits per heavy atom. The third-order valence-electron chi connectivity index (χ3n) is 8.22. The molecule has 0 bridgehead atoms. The Hall–Kier alpha value is -2.69. The largest absolute Gasteiger partial charge is 0.473 e. The first-order chi connectivity index (χ1) is 16.7. The van der Waals surface area contributed by atoms with E-state index in [0.29, 0.717) is 23.4 Å². The smallest absolute Gasteiger partial charge is 0.416 e. The van der Waals surface area contributed by atoms with E-state index < -0.39 is 17.2 Å². The highest BCUT2D eigenvalue weighted by Gasteiger charge is 2.51. The van der Waals surface area contributed by atoms with Gasteiger partial charge < -0.3 is 14.5 Å². The van der Waals surface area contributed by atoms with Crippen LogP contribution in [-0.4, -0.2) is 61.8 Å². The van der Waals surface area contributed by atoms with Crippen LogP contribution in [0.2, 0.25) is 0 Å². The fraction of sp³-hybridized carbons (Fsp3) is 0.667. The number of alkyl halides is 3. The Morgan fingerprint density at radius 3 is 2.60 bits per heavy atom. The van der Waals surface area contributed by atoms with Gasteiger partial charge in [0.1, 0.15) is 12.1 Å². The molecule has 11 heteroatoms. The van der Waals surface area contributed by atoms with Crippen LogP contribution in [-0.2, 0) is 17.5 Å². The maximum Gasteiger partial charge on any atom is 0.416 e. The molecule has 0 spiro atoms. The molecule has 1 amide bonds. The summed E-state index contributed by atoms with van der Waals surface area (Å²) in [5, 5.41) is 11.5. The summed E-state index contributed by atoms with van der Waals surface area (Å²) in [5.41, 5.74) is -0.865. The number of tetrazole rings is 1. The summed E-state index contributed by atoms with van der Waals surface area (Å²) in [4.78, 5) is 17.9. The number of fused-ring (bicyclic) bond motifs is 1. The predicted octanol–water partition coefficient (Wildman–Crippen LogP) is 3.90. The highest BCUT2D eigenvalue weighted by molar-refractivity contribution is 5.83. The van der Waals surface area contributed by atoms with Gasteiger partial charge in [0.25, 0.3) is 0 Å². The van der Waals surface area contributed by atoms with Crippen molar-refractivity contribution >= 4 is 5.91 Å². The fourth-order valence-electron chi connectivity index (χ4n) is 6.04. The van der Waals surface area contributed by atoms with Crippen molar-refractivity contribution < 1.29 is 22.7 Å². The van der Waals surface area contributed by atoms with Gasteiger partial charge in [0.05, 0.1) is 23.6 Å². The molecule has 1 saturated carbocycles. The second kappa shape index (κ2) is 9.07. The first-order valence-corrected chi connectivity index (χ1v) is 12.3. The maximum absolute atomic E-state index is 13.9. The monoisotopic (exact) mass is 492 g/mol. The van der Waals surface area contributed by atoms with E-state index in [-0.39, 0.29) is 25.1 Å². The summed E-state index contributed by atoms with van der Waals surface area (Å²) in [6, 6.07) is 4.08. The van der Waals surface area contributed by atoms with Crippen LogP contribution in [0.4, 0.5) is 13.2 Å². The lowest BCUT2D eigenvalue weighted by Crippen LogP contribution is -2.49. The lowest BCUT2D eigenvalue weighted by molar-refractivity contribution is -0.150. The van der Waals surface area contributed by atoms with Gasteiger partial charge in [-0.15, -0.1) is 5.10 Å².